The van der Waals surface area contributed by atoms with Gasteiger partial charge in [0, 0.05) is 17.1 Å². The van der Waals surface area contributed by atoms with Crippen molar-refractivity contribution in [3.05, 3.63) is 54.4 Å². The zero-order valence-electron chi connectivity index (χ0n) is 10.4. The van der Waals surface area contributed by atoms with Gasteiger partial charge in [-0.1, -0.05) is 30.3 Å². The number of pyridine rings is 1. The number of esters is 1. The molecule has 0 saturated heterocycles. The third kappa shape index (κ3) is 2.08. The van der Waals surface area contributed by atoms with E-state index in [4.69, 9.17) is 0 Å². The van der Waals surface area contributed by atoms with Gasteiger partial charge in [-0.3, -0.25) is 0 Å². The highest BCUT2D eigenvalue weighted by molar-refractivity contribution is 5.94. The van der Waals surface area contributed by atoms with Gasteiger partial charge in [0.05, 0.1) is 7.11 Å². The van der Waals surface area contributed by atoms with E-state index in [9.17, 15) is 4.79 Å². The third-order valence-electron chi connectivity index (χ3n) is 2.98. The summed E-state index contributed by atoms with van der Waals surface area (Å²) in [7, 11) is 1.36. The summed E-state index contributed by atoms with van der Waals surface area (Å²) >= 11 is 0. The van der Waals surface area contributed by atoms with E-state index in [-0.39, 0.29) is 5.97 Å². The van der Waals surface area contributed by atoms with Crippen LogP contribution in [0.15, 0.2) is 48.7 Å². The van der Waals surface area contributed by atoms with Crippen LogP contribution >= 0.6 is 0 Å². The van der Waals surface area contributed by atoms with Gasteiger partial charge in [0.1, 0.15) is 11.3 Å². The van der Waals surface area contributed by atoms with Crippen molar-refractivity contribution >= 4 is 17.0 Å². The lowest BCUT2D eigenvalue weighted by Gasteiger charge is -2.00. The largest absolute Gasteiger partial charge is 0.464 e. The number of nitrogens with one attached hydrogen (secondary N) is 1. The summed E-state index contributed by atoms with van der Waals surface area (Å²) < 4.78 is 4.68. The number of ether oxygens (including phenoxy) is 1. The van der Waals surface area contributed by atoms with Crippen molar-refractivity contribution in [2.75, 3.05) is 7.11 Å². The Hall–Kier alpha value is -2.62. The highest BCUT2D eigenvalue weighted by atomic mass is 16.5. The fraction of sp³-hybridized carbons (Fsp3) is 0.0667. The molecule has 94 valence electrons. The fourth-order valence-corrected chi connectivity index (χ4v) is 2.02. The summed E-state index contributed by atoms with van der Waals surface area (Å²) in [5, 5.41) is 0.891. The molecule has 3 rings (SSSR count). The highest BCUT2D eigenvalue weighted by Gasteiger charge is 2.10. The molecule has 1 N–H and O–H groups in total. The molecule has 4 heteroatoms. The monoisotopic (exact) mass is 252 g/mol. The second kappa shape index (κ2) is 4.57. The number of benzene rings is 1. The molecular weight excluding hydrogens is 240 g/mol. The van der Waals surface area contributed by atoms with Crippen molar-refractivity contribution in [2.45, 2.75) is 0 Å². The van der Waals surface area contributed by atoms with Crippen molar-refractivity contribution < 1.29 is 9.53 Å². The number of carbonyl (C=O) groups excluding carboxylic acids is 1. The second-order valence-corrected chi connectivity index (χ2v) is 4.20. The van der Waals surface area contributed by atoms with Gasteiger partial charge in [-0.05, 0) is 17.7 Å². The Morgan fingerprint density at radius 1 is 1.16 bits per heavy atom. The van der Waals surface area contributed by atoms with E-state index in [0.29, 0.717) is 11.3 Å². The number of fused-ring (bicyclic) bond motifs is 1. The standard InChI is InChI=1S/C15H12N2O2/c1-19-15(18)13-8-11-7-12(9-16-14(11)17-13)10-5-3-2-4-6-10/h2-9H,1H3,(H,16,17). The van der Waals surface area contributed by atoms with E-state index < -0.39 is 0 Å². The Bertz CT molecular complexity index is 732. The van der Waals surface area contributed by atoms with Gasteiger partial charge in [-0.25, -0.2) is 9.78 Å². The Kier molecular flexibility index (Phi) is 2.76. The minimum atomic E-state index is -0.390. The first-order chi connectivity index (χ1) is 9.28. The maximum atomic E-state index is 11.5. The average Bonchev–Trinajstić information content (AvgIpc) is 2.90. The lowest BCUT2D eigenvalue weighted by Crippen LogP contribution is -2.00. The number of H-pyrrole nitrogens is 1. The predicted octanol–water partition coefficient (Wildman–Crippen LogP) is 3.02. The Labute approximate surface area is 110 Å². The van der Waals surface area contributed by atoms with Gasteiger partial charge < -0.3 is 9.72 Å². The van der Waals surface area contributed by atoms with Crippen LogP contribution in [-0.2, 0) is 4.74 Å². The molecular formula is C15H12N2O2. The topological polar surface area (TPSA) is 55.0 Å². The first-order valence-corrected chi connectivity index (χ1v) is 5.90. The van der Waals surface area contributed by atoms with Gasteiger partial charge in [0.2, 0.25) is 0 Å². The number of aromatic amines is 1. The highest BCUT2D eigenvalue weighted by Crippen LogP contribution is 2.23. The summed E-state index contributed by atoms with van der Waals surface area (Å²) in [5.41, 5.74) is 3.21. The maximum absolute atomic E-state index is 11.5. The summed E-state index contributed by atoms with van der Waals surface area (Å²) in [6, 6.07) is 13.7. The number of aromatic nitrogens is 2. The number of rotatable bonds is 2. The molecule has 0 aliphatic rings. The molecule has 2 aromatic heterocycles. The van der Waals surface area contributed by atoms with E-state index in [0.717, 1.165) is 16.5 Å². The second-order valence-electron chi connectivity index (χ2n) is 4.20. The van der Waals surface area contributed by atoms with Crippen LogP contribution in [0.25, 0.3) is 22.2 Å². The van der Waals surface area contributed by atoms with Crippen molar-refractivity contribution in [3.8, 4) is 11.1 Å². The smallest absolute Gasteiger partial charge is 0.354 e. The van der Waals surface area contributed by atoms with E-state index in [2.05, 4.69) is 14.7 Å². The van der Waals surface area contributed by atoms with Crippen LogP contribution in [0.4, 0.5) is 0 Å². The van der Waals surface area contributed by atoms with Crippen molar-refractivity contribution in [2.24, 2.45) is 0 Å². The van der Waals surface area contributed by atoms with Crippen LogP contribution in [0.1, 0.15) is 10.5 Å². The molecule has 19 heavy (non-hydrogen) atoms. The number of hydrogen-bond donors (Lipinski definition) is 1. The summed E-state index contributed by atoms with van der Waals surface area (Å²) in [4.78, 5) is 18.7. The molecule has 0 atom stereocenters. The molecule has 0 spiro atoms. The molecule has 3 aromatic rings. The molecule has 0 amide bonds. The van der Waals surface area contributed by atoms with Gasteiger partial charge in [0.15, 0.2) is 0 Å². The van der Waals surface area contributed by atoms with Crippen LogP contribution in [-0.4, -0.2) is 23.0 Å². The van der Waals surface area contributed by atoms with E-state index in [1.54, 1.807) is 12.3 Å². The fourth-order valence-electron chi connectivity index (χ4n) is 2.02. The molecule has 0 bridgehead atoms. The van der Waals surface area contributed by atoms with Crippen LogP contribution in [0.5, 0.6) is 0 Å². The molecule has 0 aliphatic carbocycles. The van der Waals surface area contributed by atoms with E-state index >= 15 is 0 Å². The van der Waals surface area contributed by atoms with E-state index in [1.807, 2.05) is 36.4 Å². The average molecular weight is 252 g/mol. The molecule has 0 aliphatic heterocycles. The molecule has 4 nitrogen and oxygen atoms in total. The molecule has 2 heterocycles. The molecule has 0 radical (unpaired) electrons. The molecule has 0 fully saturated rings. The molecule has 1 aromatic carbocycles. The zero-order valence-corrected chi connectivity index (χ0v) is 10.4. The van der Waals surface area contributed by atoms with Crippen LogP contribution < -0.4 is 0 Å². The number of carbonyl (C=O) groups is 1. The number of methoxy groups -OCH3 is 1. The van der Waals surface area contributed by atoms with Crippen LogP contribution in [0.3, 0.4) is 0 Å². The first kappa shape index (κ1) is 11.5. The van der Waals surface area contributed by atoms with Gasteiger partial charge in [-0.2, -0.15) is 0 Å². The Morgan fingerprint density at radius 3 is 2.68 bits per heavy atom. The van der Waals surface area contributed by atoms with Gasteiger partial charge >= 0.3 is 5.97 Å². The lowest BCUT2D eigenvalue weighted by molar-refractivity contribution is 0.0595. The van der Waals surface area contributed by atoms with Crippen molar-refractivity contribution in [1.82, 2.24) is 9.97 Å². The van der Waals surface area contributed by atoms with Crippen LogP contribution in [0, 0.1) is 0 Å². The van der Waals surface area contributed by atoms with Gasteiger partial charge in [0.25, 0.3) is 0 Å². The number of hydrogen-bond acceptors (Lipinski definition) is 3. The van der Waals surface area contributed by atoms with Gasteiger partial charge in [-0.15, -0.1) is 0 Å². The van der Waals surface area contributed by atoms with Crippen molar-refractivity contribution in [3.63, 3.8) is 0 Å². The Balaban J connectivity index is 2.09. The molecule has 0 unspecified atom stereocenters. The summed E-state index contributed by atoms with van der Waals surface area (Å²) in [6.45, 7) is 0. The Morgan fingerprint density at radius 2 is 1.95 bits per heavy atom. The van der Waals surface area contributed by atoms with Crippen LogP contribution in [0.2, 0.25) is 0 Å². The zero-order chi connectivity index (χ0) is 13.2. The quantitative estimate of drug-likeness (QED) is 0.713. The number of nitrogens with zero attached hydrogens (tertiary/aromatic N) is 1. The summed E-state index contributed by atoms with van der Waals surface area (Å²) in [5.74, 6) is -0.390. The lowest BCUT2D eigenvalue weighted by atomic mass is 10.1. The first-order valence-electron chi connectivity index (χ1n) is 5.90. The third-order valence-corrected chi connectivity index (χ3v) is 2.98. The van der Waals surface area contributed by atoms with Crippen molar-refractivity contribution in [1.29, 1.82) is 0 Å². The minimum Gasteiger partial charge on any atom is -0.464 e. The summed E-state index contributed by atoms with van der Waals surface area (Å²) in [6.07, 6.45) is 1.79. The normalized spacial score (nSPS) is 10.6. The minimum absolute atomic E-state index is 0.390. The SMILES string of the molecule is COC(=O)c1cc2cc(-c3ccccc3)cnc2[nH]1. The molecule has 0 saturated carbocycles. The predicted molar refractivity (Wildman–Crippen MR) is 72.9 cm³/mol. The van der Waals surface area contributed by atoms with E-state index in [1.165, 1.54) is 7.11 Å². The maximum Gasteiger partial charge on any atom is 0.354 e.